The SMILES string of the molecule is CCNCc1ccc(-c2cn(C)nc2C(C)(C)C)c(C)c1. The van der Waals surface area contributed by atoms with Crippen molar-refractivity contribution >= 4 is 0 Å². The molecule has 0 aliphatic heterocycles. The van der Waals surface area contributed by atoms with Crippen molar-refractivity contribution in [1.82, 2.24) is 15.1 Å². The predicted molar refractivity (Wildman–Crippen MR) is 89.5 cm³/mol. The van der Waals surface area contributed by atoms with E-state index >= 15 is 0 Å². The van der Waals surface area contributed by atoms with Gasteiger partial charge in [-0.1, -0.05) is 45.9 Å². The first kappa shape index (κ1) is 15.8. The largest absolute Gasteiger partial charge is 0.313 e. The van der Waals surface area contributed by atoms with E-state index in [0.29, 0.717) is 0 Å². The first-order valence-electron chi connectivity index (χ1n) is 7.67. The summed E-state index contributed by atoms with van der Waals surface area (Å²) in [4.78, 5) is 0. The van der Waals surface area contributed by atoms with Gasteiger partial charge in [-0.2, -0.15) is 5.10 Å². The van der Waals surface area contributed by atoms with E-state index in [9.17, 15) is 0 Å². The van der Waals surface area contributed by atoms with Gasteiger partial charge in [0.2, 0.25) is 0 Å². The van der Waals surface area contributed by atoms with Crippen molar-refractivity contribution in [2.24, 2.45) is 7.05 Å². The summed E-state index contributed by atoms with van der Waals surface area (Å²) in [5.74, 6) is 0. The number of rotatable bonds is 4. The molecule has 1 aromatic carbocycles. The Hall–Kier alpha value is -1.61. The molecule has 21 heavy (non-hydrogen) atoms. The minimum Gasteiger partial charge on any atom is -0.313 e. The molecule has 0 saturated heterocycles. The summed E-state index contributed by atoms with van der Waals surface area (Å²) in [7, 11) is 1.99. The van der Waals surface area contributed by atoms with Gasteiger partial charge in [0.15, 0.2) is 0 Å². The average Bonchev–Trinajstić information content (AvgIpc) is 2.78. The third-order valence-corrected chi connectivity index (χ3v) is 3.70. The number of hydrogen-bond acceptors (Lipinski definition) is 2. The van der Waals surface area contributed by atoms with Crippen LogP contribution in [0.15, 0.2) is 24.4 Å². The van der Waals surface area contributed by atoms with Crippen molar-refractivity contribution in [3.63, 3.8) is 0 Å². The van der Waals surface area contributed by atoms with Crippen LogP contribution in [-0.2, 0) is 19.0 Å². The summed E-state index contributed by atoms with van der Waals surface area (Å²) in [6.07, 6.45) is 2.13. The molecule has 0 saturated carbocycles. The summed E-state index contributed by atoms with van der Waals surface area (Å²) >= 11 is 0. The summed E-state index contributed by atoms with van der Waals surface area (Å²) in [5.41, 5.74) is 6.38. The van der Waals surface area contributed by atoms with Gasteiger partial charge in [0.1, 0.15) is 0 Å². The summed E-state index contributed by atoms with van der Waals surface area (Å²) in [5, 5.41) is 8.05. The molecule has 0 amide bonds. The number of hydrogen-bond donors (Lipinski definition) is 1. The van der Waals surface area contributed by atoms with Crippen LogP contribution in [0.25, 0.3) is 11.1 Å². The molecule has 0 fully saturated rings. The van der Waals surface area contributed by atoms with Crippen molar-refractivity contribution in [3.05, 3.63) is 41.2 Å². The zero-order chi connectivity index (χ0) is 15.6. The Kier molecular flexibility index (Phi) is 4.52. The first-order chi connectivity index (χ1) is 9.82. The lowest BCUT2D eigenvalue weighted by Gasteiger charge is -2.18. The fraction of sp³-hybridized carbons (Fsp3) is 0.500. The monoisotopic (exact) mass is 285 g/mol. The quantitative estimate of drug-likeness (QED) is 0.926. The van der Waals surface area contributed by atoms with E-state index < -0.39 is 0 Å². The van der Waals surface area contributed by atoms with E-state index in [2.05, 4.69) is 69.4 Å². The van der Waals surface area contributed by atoms with Crippen LogP contribution in [0.1, 0.15) is 44.5 Å². The van der Waals surface area contributed by atoms with E-state index in [1.165, 1.54) is 22.3 Å². The lowest BCUT2D eigenvalue weighted by molar-refractivity contribution is 0.554. The zero-order valence-corrected chi connectivity index (χ0v) is 14.1. The molecular weight excluding hydrogens is 258 g/mol. The summed E-state index contributed by atoms with van der Waals surface area (Å²) in [6.45, 7) is 12.9. The smallest absolute Gasteiger partial charge is 0.0756 e. The van der Waals surface area contributed by atoms with Crippen LogP contribution in [-0.4, -0.2) is 16.3 Å². The van der Waals surface area contributed by atoms with Crippen molar-refractivity contribution in [2.45, 2.75) is 46.6 Å². The highest BCUT2D eigenvalue weighted by Gasteiger charge is 2.23. The van der Waals surface area contributed by atoms with Crippen molar-refractivity contribution < 1.29 is 0 Å². The third-order valence-electron chi connectivity index (χ3n) is 3.70. The van der Waals surface area contributed by atoms with E-state index in [4.69, 9.17) is 0 Å². The van der Waals surface area contributed by atoms with Gasteiger partial charge in [-0.15, -0.1) is 0 Å². The van der Waals surface area contributed by atoms with Gasteiger partial charge < -0.3 is 5.32 Å². The molecular formula is C18H27N3. The van der Waals surface area contributed by atoms with Crippen LogP contribution >= 0.6 is 0 Å². The second-order valence-corrected chi connectivity index (χ2v) is 6.74. The van der Waals surface area contributed by atoms with E-state index in [1.807, 2.05) is 11.7 Å². The molecule has 2 rings (SSSR count). The molecule has 0 radical (unpaired) electrons. The number of nitrogens with one attached hydrogen (secondary N) is 1. The van der Waals surface area contributed by atoms with Gasteiger partial charge in [-0.25, -0.2) is 0 Å². The van der Waals surface area contributed by atoms with Crippen LogP contribution < -0.4 is 5.32 Å². The molecule has 3 nitrogen and oxygen atoms in total. The highest BCUT2D eigenvalue weighted by atomic mass is 15.3. The van der Waals surface area contributed by atoms with E-state index in [-0.39, 0.29) is 5.41 Å². The molecule has 0 unspecified atom stereocenters. The van der Waals surface area contributed by atoms with E-state index in [1.54, 1.807) is 0 Å². The Morgan fingerprint density at radius 2 is 1.90 bits per heavy atom. The maximum Gasteiger partial charge on any atom is 0.0756 e. The number of aryl methyl sites for hydroxylation is 2. The summed E-state index contributed by atoms with van der Waals surface area (Å²) in [6, 6.07) is 6.72. The molecule has 0 spiro atoms. The molecule has 0 aliphatic carbocycles. The Morgan fingerprint density at radius 3 is 2.48 bits per heavy atom. The standard InChI is InChI=1S/C18H27N3/c1-7-19-11-14-8-9-15(13(2)10-14)16-12-21(6)20-17(16)18(3,4)5/h8-10,12,19H,7,11H2,1-6H3. The first-order valence-corrected chi connectivity index (χ1v) is 7.67. The van der Waals surface area contributed by atoms with Crippen molar-refractivity contribution in [3.8, 4) is 11.1 Å². The van der Waals surface area contributed by atoms with Crippen LogP contribution in [0.5, 0.6) is 0 Å². The number of benzene rings is 1. The van der Waals surface area contributed by atoms with Gasteiger partial charge in [-0.05, 0) is 30.2 Å². The fourth-order valence-corrected chi connectivity index (χ4v) is 2.65. The van der Waals surface area contributed by atoms with Crippen LogP contribution in [0.3, 0.4) is 0 Å². The molecule has 1 N–H and O–H groups in total. The molecule has 0 bridgehead atoms. The molecule has 0 aliphatic rings. The Morgan fingerprint density at radius 1 is 1.19 bits per heavy atom. The van der Waals surface area contributed by atoms with Crippen LogP contribution in [0.4, 0.5) is 0 Å². The minimum atomic E-state index is 0.0471. The summed E-state index contributed by atoms with van der Waals surface area (Å²) < 4.78 is 1.92. The molecule has 114 valence electrons. The Balaban J connectivity index is 2.43. The van der Waals surface area contributed by atoms with Crippen LogP contribution in [0.2, 0.25) is 0 Å². The molecule has 1 heterocycles. The fourth-order valence-electron chi connectivity index (χ4n) is 2.65. The van der Waals surface area contributed by atoms with Crippen LogP contribution in [0, 0.1) is 6.92 Å². The van der Waals surface area contributed by atoms with Gasteiger partial charge >= 0.3 is 0 Å². The van der Waals surface area contributed by atoms with Crippen molar-refractivity contribution in [2.75, 3.05) is 6.54 Å². The van der Waals surface area contributed by atoms with Gasteiger partial charge in [-0.3, -0.25) is 4.68 Å². The molecule has 2 aromatic rings. The van der Waals surface area contributed by atoms with Gasteiger partial charge in [0.05, 0.1) is 5.69 Å². The maximum absolute atomic E-state index is 4.68. The second-order valence-electron chi connectivity index (χ2n) is 6.74. The number of aromatic nitrogens is 2. The molecule has 1 aromatic heterocycles. The second kappa shape index (κ2) is 6.02. The normalized spacial score (nSPS) is 11.9. The van der Waals surface area contributed by atoms with Gasteiger partial charge in [0.25, 0.3) is 0 Å². The zero-order valence-electron chi connectivity index (χ0n) is 14.1. The van der Waals surface area contributed by atoms with E-state index in [0.717, 1.165) is 18.8 Å². The highest BCUT2D eigenvalue weighted by Crippen LogP contribution is 2.33. The molecule has 0 atom stereocenters. The maximum atomic E-state index is 4.68. The Bertz CT molecular complexity index is 618. The Labute approximate surface area is 128 Å². The third kappa shape index (κ3) is 3.53. The van der Waals surface area contributed by atoms with Gasteiger partial charge in [0, 0.05) is 30.8 Å². The topological polar surface area (TPSA) is 29.9 Å². The highest BCUT2D eigenvalue weighted by molar-refractivity contribution is 5.70. The molecule has 3 heteroatoms. The minimum absolute atomic E-state index is 0.0471. The number of nitrogens with zero attached hydrogens (tertiary/aromatic N) is 2. The lowest BCUT2D eigenvalue weighted by atomic mass is 9.86. The predicted octanol–water partition coefficient (Wildman–Crippen LogP) is 3.80. The van der Waals surface area contributed by atoms with Crippen molar-refractivity contribution in [1.29, 1.82) is 0 Å². The lowest BCUT2D eigenvalue weighted by Crippen LogP contribution is -2.14. The average molecular weight is 285 g/mol.